The number of allylic oxidation sites excluding steroid dienone is 1. The third-order valence-electron chi connectivity index (χ3n) is 12.0. The fourth-order valence-electron chi connectivity index (χ4n) is 8.06. The van der Waals surface area contributed by atoms with Crippen LogP contribution in [0.15, 0.2) is 66.2 Å². The van der Waals surface area contributed by atoms with Crippen molar-refractivity contribution in [3.63, 3.8) is 0 Å². The van der Waals surface area contributed by atoms with Gasteiger partial charge in [0, 0.05) is 46.6 Å². The van der Waals surface area contributed by atoms with Crippen LogP contribution in [-0.4, -0.2) is 83.1 Å². The van der Waals surface area contributed by atoms with Crippen LogP contribution >= 0.6 is 11.3 Å². The standard InChI is InChI=1S/C42H47FN6O7S2/c1-25-34(55-3)15-14-30-35(22-32(46-36(25)30)38-44-18-19-57-38)56-29-21-33-37(50)47-42(40(52)48-58(53,54)41(2)16-17-41)23-26(42)10-7-5-4-6-8-13-31(39(51)49(33)24-29)45-28-12-9-11-27(43)20-28/h7,9-12,14-15,18-20,22,26,29,31,33,45H,4-6,8,13,16-17,21,23-24H2,1-3H3,(H,47,50)(H,48,52)/b10-7-/t26-,29+,31-,33-,42+/m0/s1. The van der Waals surface area contributed by atoms with Gasteiger partial charge in [0.2, 0.25) is 21.8 Å². The molecule has 2 aromatic carbocycles. The average molecular weight is 831 g/mol. The van der Waals surface area contributed by atoms with Gasteiger partial charge in [-0.25, -0.2) is 22.8 Å². The number of aryl methyl sites for hydroxylation is 1. The van der Waals surface area contributed by atoms with Gasteiger partial charge in [0.25, 0.3) is 5.91 Å². The van der Waals surface area contributed by atoms with Crippen molar-refractivity contribution in [2.45, 2.75) is 100 Å². The van der Waals surface area contributed by atoms with Gasteiger partial charge in [-0.05, 0) is 82.7 Å². The molecule has 16 heteroatoms. The summed E-state index contributed by atoms with van der Waals surface area (Å²) in [5.74, 6) is -1.51. The fraction of sp³-hybridized carbons (Fsp3) is 0.452. The maximum Gasteiger partial charge on any atom is 0.259 e. The summed E-state index contributed by atoms with van der Waals surface area (Å²) in [6.45, 7) is 3.53. The Balaban J connectivity index is 1.15. The number of pyridine rings is 1. The van der Waals surface area contributed by atoms with Crippen LogP contribution in [0.3, 0.4) is 0 Å². The summed E-state index contributed by atoms with van der Waals surface area (Å²) in [5.41, 5.74) is 0.958. The summed E-state index contributed by atoms with van der Waals surface area (Å²) in [6.07, 6.45) is 9.48. The predicted molar refractivity (Wildman–Crippen MR) is 218 cm³/mol. The van der Waals surface area contributed by atoms with Crippen LogP contribution in [0.2, 0.25) is 0 Å². The zero-order valence-electron chi connectivity index (χ0n) is 32.6. The maximum absolute atomic E-state index is 14.8. The lowest BCUT2D eigenvalue weighted by Gasteiger charge is -2.30. The second-order valence-electron chi connectivity index (χ2n) is 16.0. The van der Waals surface area contributed by atoms with Gasteiger partial charge in [-0.3, -0.25) is 19.1 Å². The molecule has 13 nitrogen and oxygen atoms in total. The first-order valence-electron chi connectivity index (χ1n) is 19.7. The molecule has 306 valence electrons. The minimum Gasteiger partial charge on any atom is -0.496 e. The molecule has 0 bridgehead atoms. The number of thiazole rings is 1. The van der Waals surface area contributed by atoms with E-state index in [0.29, 0.717) is 70.9 Å². The number of methoxy groups -OCH3 is 1. The number of benzene rings is 2. The lowest BCUT2D eigenvalue weighted by molar-refractivity contribution is -0.140. The van der Waals surface area contributed by atoms with Crippen molar-refractivity contribution >= 4 is 55.7 Å². The first-order valence-corrected chi connectivity index (χ1v) is 22.1. The molecular formula is C42H47FN6O7S2. The number of hydrogen-bond donors (Lipinski definition) is 3. The highest BCUT2D eigenvalue weighted by Crippen LogP contribution is 2.48. The zero-order valence-corrected chi connectivity index (χ0v) is 34.3. The van der Waals surface area contributed by atoms with Gasteiger partial charge < -0.3 is 25.0 Å². The van der Waals surface area contributed by atoms with Crippen LogP contribution in [0.4, 0.5) is 10.1 Å². The summed E-state index contributed by atoms with van der Waals surface area (Å²) < 4.78 is 54.4. The number of rotatable bonds is 9. The summed E-state index contributed by atoms with van der Waals surface area (Å²) >= 11 is 1.43. The molecule has 0 radical (unpaired) electrons. The predicted octanol–water partition coefficient (Wildman–Crippen LogP) is 6.04. The Hall–Kier alpha value is -5.09. The lowest BCUT2D eigenvalue weighted by Crippen LogP contribution is -2.58. The minimum atomic E-state index is -4.00. The number of halogens is 1. The SMILES string of the molecule is COc1ccc2c(O[C@@H]3C[C@H]4C(=O)N[C@]5(C(=O)NS(=O)(=O)C6(C)CC6)C[C@@H]5/C=C\CCCCC[C@H](Nc5cccc(F)c5)C(=O)N4C3)cc(-c3nccs3)nc2c1C. The first-order chi connectivity index (χ1) is 27.8. The summed E-state index contributed by atoms with van der Waals surface area (Å²) in [4.78, 5) is 54.2. The number of hydrogen-bond acceptors (Lipinski definition) is 11. The molecule has 1 saturated heterocycles. The van der Waals surface area contributed by atoms with Crippen LogP contribution in [0.25, 0.3) is 21.6 Å². The minimum absolute atomic E-state index is 0.0268. The van der Waals surface area contributed by atoms with E-state index in [9.17, 15) is 27.2 Å². The van der Waals surface area contributed by atoms with Gasteiger partial charge >= 0.3 is 0 Å². The van der Waals surface area contributed by atoms with Crippen LogP contribution in [0.5, 0.6) is 11.5 Å². The van der Waals surface area contributed by atoms with Gasteiger partial charge in [0.15, 0.2) is 0 Å². The molecule has 0 spiro atoms. The van der Waals surface area contributed by atoms with Gasteiger partial charge in [-0.2, -0.15) is 0 Å². The van der Waals surface area contributed by atoms with E-state index < -0.39 is 62.0 Å². The number of sulfonamides is 1. The number of carbonyl (C=O) groups excluding carboxylic acids is 3. The number of fused-ring (bicyclic) bond motifs is 3. The van der Waals surface area contributed by atoms with Crippen molar-refractivity contribution in [1.82, 2.24) is 24.9 Å². The molecule has 2 aliphatic heterocycles. The Kier molecular flexibility index (Phi) is 10.7. The molecule has 2 saturated carbocycles. The smallest absolute Gasteiger partial charge is 0.259 e. The van der Waals surface area contributed by atoms with Crippen molar-refractivity contribution in [2.75, 3.05) is 19.0 Å². The van der Waals surface area contributed by atoms with E-state index in [2.05, 4.69) is 20.3 Å². The van der Waals surface area contributed by atoms with Crippen molar-refractivity contribution in [3.05, 3.63) is 77.6 Å². The van der Waals surface area contributed by atoms with Crippen molar-refractivity contribution in [1.29, 1.82) is 0 Å². The number of aromatic nitrogens is 2. The van der Waals surface area contributed by atoms with E-state index in [1.165, 1.54) is 28.4 Å². The first kappa shape index (κ1) is 39.7. The van der Waals surface area contributed by atoms with Gasteiger partial charge in [-0.15, -0.1) is 11.3 Å². The molecule has 4 aromatic rings. The van der Waals surface area contributed by atoms with E-state index >= 15 is 0 Å². The Morgan fingerprint density at radius 1 is 1.10 bits per heavy atom. The van der Waals surface area contributed by atoms with Crippen LogP contribution in [0.1, 0.15) is 70.3 Å². The molecule has 2 aromatic heterocycles. The van der Waals surface area contributed by atoms with E-state index in [1.54, 1.807) is 38.4 Å². The van der Waals surface area contributed by atoms with Gasteiger partial charge in [0.1, 0.15) is 51.7 Å². The van der Waals surface area contributed by atoms with E-state index in [-0.39, 0.29) is 25.3 Å². The zero-order chi connectivity index (χ0) is 40.8. The molecule has 2 aliphatic carbocycles. The summed E-state index contributed by atoms with van der Waals surface area (Å²) in [7, 11) is -2.40. The normalized spacial score (nSPS) is 26.3. The van der Waals surface area contributed by atoms with E-state index in [4.69, 9.17) is 14.5 Å². The lowest BCUT2D eigenvalue weighted by atomic mass is 10.0. The molecule has 58 heavy (non-hydrogen) atoms. The second kappa shape index (κ2) is 15.6. The van der Waals surface area contributed by atoms with E-state index in [0.717, 1.165) is 18.4 Å². The molecule has 3 N–H and O–H groups in total. The number of nitrogens with zero attached hydrogens (tertiary/aromatic N) is 3. The number of ether oxygens (including phenoxy) is 2. The number of nitrogens with one attached hydrogen (secondary N) is 3. The van der Waals surface area contributed by atoms with Crippen LogP contribution in [-0.2, 0) is 24.4 Å². The molecule has 5 atom stereocenters. The molecule has 8 rings (SSSR count). The van der Waals surface area contributed by atoms with Crippen molar-refractivity contribution in [3.8, 4) is 22.2 Å². The number of carbonyl (C=O) groups is 3. The summed E-state index contributed by atoms with van der Waals surface area (Å²) in [6, 6.07) is 9.52. The Morgan fingerprint density at radius 2 is 1.93 bits per heavy atom. The number of anilines is 1. The van der Waals surface area contributed by atoms with Crippen LogP contribution < -0.4 is 24.8 Å². The van der Waals surface area contributed by atoms with Gasteiger partial charge in [-0.1, -0.05) is 31.1 Å². The third-order valence-corrected chi connectivity index (χ3v) is 14.9. The van der Waals surface area contributed by atoms with E-state index in [1.807, 2.05) is 36.6 Å². The maximum atomic E-state index is 14.8. The van der Waals surface area contributed by atoms with Crippen LogP contribution in [0, 0.1) is 18.7 Å². The molecular weight excluding hydrogens is 784 g/mol. The highest BCUT2D eigenvalue weighted by molar-refractivity contribution is 7.91. The molecule has 4 heterocycles. The monoisotopic (exact) mass is 830 g/mol. The van der Waals surface area contributed by atoms with Gasteiger partial charge in [0.05, 0.1) is 23.9 Å². The fourth-order valence-corrected chi connectivity index (χ4v) is 9.97. The molecule has 0 unspecified atom stereocenters. The molecule has 3 amide bonds. The Morgan fingerprint density at radius 3 is 2.67 bits per heavy atom. The second-order valence-corrected chi connectivity index (χ2v) is 19.1. The Labute approximate surface area is 340 Å². The topological polar surface area (TPSA) is 169 Å². The molecule has 4 aliphatic rings. The molecule has 3 fully saturated rings. The highest BCUT2D eigenvalue weighted by atomic mass is 32.2. The quantitative estimate of drug-likeness (QED) is 0.169. The van der Waals surface area contributed by atoms with Crippen molar-refractivity contribution in [2.24, 2.45) is 5.92 Å². The van der Waals surface area contributed by atoms with Crippen molar-refractivity contribution < 1.29 is 36.7 Å². The summed E-state index contributed by atoms with van der Waals surface area (Å²) in [5, 5.41) is 9.42. The largest absolute Gasteiger partial charge is 0.496 e. The highest BCUT2D eigenvalue weighted by Gasteiger charge is 2.63. The number of amides is 3. The third kappa shape index (κ3) is 7.75. The Bertz CT molecular complexity index is 2390. The average Bonchev–Trinajstić information content (AvgIpc) is 3.94.